The fourth-order valence-electron chi connectivity index (χ4n) is 4.72. The number of benzene rings is 4. The number of rotatable bonds is 2. The van der Waals surface area contributed by atoms with Gasteiger partial charge in [-0.3, -0.25) is 4.99 Å². The molecule has 2 aliphatic heterocycles. The number of aliphatic imine (C=N–C) groups is 1. The van der Waals surface area contributed by atoms with Crippen LogP contribution in [0.3, 0.4) is 0 Å². The van der Waals surface area contributed by atoms with Crippen LogP contribution in [0.25, 0.3) is 0 Å². The van der Waals surface area contributed by atoms with Crippen molar-refractivity contribution in [2.45, 2.75) is 18.9 Å². The molecule has 0 fully saturated rings. The Bertz CT molecular complexity index is 1410. The monoisotopic (exact) mass is 568 g/mol. The fourth-order valence-corrected chi connectivity index (χ4v) is 4.72. The average Bonchev–Trinajstić information content (AvgIpc) is 2.91. The van der Waals surface area contributed by atoms with Crippen LogP contribution >= 0.6 is 0 Å². The standard InChI is InChI=1S/C15H13F2N.C15H11F2N.2Ar/c2*16-13-8-11-6-7-18-15(12(11)9-14(13)17)10-4-2-1-3-5-10;;/h1-5,8-9,15,18H,6-7H2;1-5,8-9H,6-7H2;;/t15-;;;/m0.../s1. The van der Waals surface area contributed by atoms with Gasteiger partial charge in [-0.2, -0.15) is 0 Å². The van der Waals surface area contributed by atoms with Gasteiger partial charge in [-0.15, -0.1) is 0 Å². The molecule has 1 atom stereocenters. The summed E-state index contributed by atoms with van der Waals surface area (Å²) in [4.78, 5) is 4.44. The second-order valence-electron chi connectivity index (χ2n) is 8.78. The van der Waals surface area contributed by atoms with Crippen molar-refractivity contribution in [3.63, 3.8) is 0 Å². The molecule has 2 heterocycles. The largest absolute Gasteiger partial charge is 0.306 e. The van der Waals surface area contributed by atoms with Gasteiger partial charge in [-0.05, 0) is 59.4 Å². The SMILES string of the molecule is Fc1cc2c(cc1F)C(c1ccccc1)=NCC2.Fc1cc2c(cc1F)[C@H](c1ccccc1)NCC2.[Ar].[Ar]. The van der Waals surface area contributed by atoms with E-state index in [2.05, 4.69) is 10.3 Å². The second kappa shape index (κ2) is 14.4. The van der Waals surface area contributed by atoms with E-state index in [1.807, 2.05) is 60.7 Å². The quantitative estimate of drug-likeness (QED) is 0.273. The molecule has 0 spiro atoms. The van der Waals surface area contributed by atoms with Crippen molar-refractivity contribution < 1.29 is 93.0 Å². The van der Waals surface area contributed by atoms with Crippen LogP contribution in [0, 0.1) is 98.7 Å². The van der Waals surface area contributed by atoms with Gasteiger partial charge >= 0.3 is 0 Å². The third kappa shape index (κ3) is 7.08. The predicted octanol–water partition coefficient (Wildman–Crippen LogP) is 6.56. The van der Waals surface area contributed by atoms with Gasteiger partial charge in [-0.25, -0.2) is 17.6 Å². The molecule has 198 valence electrons. The summed E-state index contributed by atoms with van der Waals surface area (Å²) in [5, 5.41) is 3.35. The minimum absolute atomic E-state index is 0. The van der Waals surface area contributed by atoms with E-state index >= 15 is 0 Å². The first kappa shape index (κ1) is 31.3. The maximum Gasteiger partial charge on any atom is 0.159 e. The molecule has 0 saturated heterocycles. The van der Waals surface area contributed by atoms with Crippen LogP contribution in [0.2, 0.25) is 0 Å². The van der Waals surface area contributed by atoms with Gasteiger partial charge in [0.25, 0.3) is 0 Å². The van der Waals surface area contributed by atoms with E-state index in [4.69, 9.17) is 0 Å². The van der Waals surface area contributed by atoms with Crippen molar-refractivity contribution >= 4 is 5.71 Å². The van der Waals surface area contributed by atoms with Crippen molar-refractivity contribution in [3.05, 3.63) is 142 Å². The topological polar surface area (TPSA) is 24.4 Å². The molecule has 0 aromatic heterocycles. The summed E-state index contributed by atoms with van der Waals surface area (Å²) >= 11 is 0. The summed E-state index contributed by atoms with van der Waals surface area (Å²) < 4.78 is 53.2. The zero-order chi connectivity index (χ0) is 25.1. The van der Waals surface area contributed by atoms with E-state index < -0.39 is 23.3 Å². The average molecular weight is 568 g/mol. The normalized spacial score (nSPS) is 15.4. The van der Waals surface area contributed by atoms with Crippen LogP contribution in [0.1, 0.15) is 39.4 Å². The van der Waals surface area contributed by atoms with Gasteiger partial charge in [-0.1, -0.05) is 60.7 Å². The van der Waals surface area contributed by atoms with Crippen molar-refractivity contribution in [1.82, 2.24) is 5.32 Å². The summed E-state index contributed by atoms with van der Waals surface area (Å²) in [5.74, 6) is -3.15. The van der Waals surface area contributed by atoms with E-state index in [0.717, 1.165) is 46.5 Å². The number of nitrogens with zero attached hydrogens (tertiary/aromatic N) is 1. The number of nitrogens with one attached hydrogen (secondary N) is 1. The van der Waals surface area contributed by atoms with Crippen LogP contribution in [0.4, 0.5) is 17.6 Å². The molecule has 0 unspecified atom stereocenters. The Labute approximate surface area is 279 Å². The molecule has 2 aliphatic rings. The van der Waals surface area contributed by atoms with E-state index in [-0.39, 0.29) is 81.5 Å². The van der Waals surface area contributed by atoms with Crippen molar-refractivity contribution in [2.75, 3.05) is 13.1 Å². The predicted molar refractivity (Wildman–Crippen MR) is 133 cm³/mol. The molecule has 8 heteroatoms. The molecule has 4 aromatic rings. The molecule has 0 radical (unpaired) electrons. The van der Waals surface area contributed by atoms with Gasteiger partial charge in [0, 0.05) is 99.7 Å². The van der Waals surface area contributed by atoms with Crippen LogP contribution in [-0.4, -0.2) is 18.8 Å². The van der Waals surface area contributed by atoms with Gasteiger partial charge in [0.2, 0.25) is 0 Å². The first-order valence-electron chi connectivity index (χ1n) is 11.9. The minimum Gasteiger partial charge on any atom is -0.306 e. The molecular formula is C30H24Ar2F4N2. The van der Waals surface area contributed by atoms with Gasteiger partial charge in [0.1, 0.15) is 0 Å². The minimum atomic E-state index is -0.820. The van der Waals surface area contributed by atoms with E-state index in [0.29, 0.717) is 18.5 Å². The Hall–Kier alpha value is -1.25. The number of fused-ring (bicyclic) bond motifs is 2. The first-order chi connectivity index (χ1) is 17.5. The van der Waals surface area contributed by atoms with Crippen LogP contribution in [-0.2, 0) is 12.8 Å². The maximum absolute atomic E-state index is 13.4. The van der Waals surface area contributed by atoms with Crippen LogP contribution in [0.15, 0.2) is 89.9 Å². The van der Waals surface area contributed by atoms with Crippen molar-refractivity contribution in [2.24, 2.45) is 4.99 Å². The Morgan fingerprint density at radius 1 is 0.658 bits per heavy atom. The summed E-state index contributed by atoms with van der Waals surface area (Å²) in [6, 6.07) is 24.5. The molecule has 0 saturated carbocycles. The molecule has 0 amide bonds. The molecule has 38 heavy (non-hydrogen) atoms. The van der Waals surface area contributed by atoms with Crippen LogP contribution < -0.4 is 5.32 Å². The third-order valence-corrected chi connectivity index (χ3v) is 6.47. The van der Waals surface area contributed by atoms with Crippen LogP contribution in [0.5, 0.6) is 0 Å². The first-order valence-corrected chi connectivity index (χ1v) is 11.9. The second-order valence-corrected chi connectivity index (χ2v) is 8.78. The van der Waals surface area contributed by atoms with Gasteiger partial charge in [0.15, 0.2) is 23.3 Å². The Morgan fingerprint density at radius 2 is 1.24 bits per heavy atom. The molecule has 6 rings (SSSR count). The zero-order valence-electron chi connectivity index (χ0n) is 20.2. The molecule has 0 bridgehead atoms. The zero-order valence-corrected chi connectivity index (χ0v) is 21.6. The molecule has 0 aliphatic carbocycles. The summed E-state index contributed by atoms with van der Waals surface area (Å²) in [5.41, 5.74) is 6.01. The molecular weight excluding hydrogens is 544 g/mol. The smallest absolute Gasteiger partial charge is 0.159 e. The van der Waals surface area contributed by atoms with E-state index in [1.54, 1.807) is 0 Å². The molecule has 1 N–H and O–H groups in total. The number of hydrogen-bond donors (Lipinski definition) is 1. The Morgan fingerprint density at radius 3 is 1.92 bits per heavy atom. The molecule has 4 aromatic carbocycles. The molecule has 2 nitrogen and oxygen atoms in total. The number of halogens is 4. The summed E-state index contributed by atoms with van der Waals surface area (Å²) in [7, 11) is 0. The van der Waals surface area contributed by atoms with E-state index in [1.165, 1.54) is 24.3 Å². The summed E-state index contributed by atoms with van der Waals surface area (Å²) in [6.07, 6.45) is 1.39. The third-order valence-electron chi connectivity index (χ3n) is 6.47. The summed E-state index contributed by atoms with van der Waals surface area (Å²) in [6.45, 7) is 1.39. The maximum atomic E-state index is 13.4. The van der Waals surface area contributed by atoms with E-state index in [9.17, 15) is 17.6 Å². The van der Waals surface area contributed by atoms with Gasteiger partial charge < -0.3 is 5.32 Å². The van der Waals surface area contributed by atoms with Crippen molar-refractivity contribution in [1.29, 1.82) is 0 Å². The van der Waals surface area contributed by atoms with Crippen molar-refractivity contribution in [3.8, 4) is 0 Å². The van der Waals surface area contributed by atoms with Gasteiger partial charge in [0.05, 0.1) is 11.8 Å². The Kier molecular flexibility index (Phi) is 11.9. The Balaban J connectivity index is 0.000000200. The number of hydrogen-bond acceptors (Lipinski definition) is 2. The fraction of sp³-hybridized carbons (Fsp3) is 0.167.